The molecule has 2 amide bonds. The van der Waals surface area contributed by atoms with Gasteiger partial charge in [-0.3, -0.25) is 9.59 Å². The molecule has 6 heteroatoms. The summed E-state index contributed by atoms with van der Waals surface area (Å²) in [6.07, 6.45) is 6.40. The zero-order valence-electron chi connectivity index (χ0n) is 17.4. The Morgan fingerprint density at radius 2 is 1.61 bits per heavy atom. The van der Waals surface area contributed by atoms with Crippen LogP contribution in [0, 0.1) is 5.92 Å². The molecular weight excluding hydrogens is 388 g/mol. The zero-order chi connectivity index (χ0) is 21.2. The molecule has 0 spiro atoms. The fourth-order valence-corrected chi connectivity index (χ4v) is 4.43. The molecule has 1 aliphatic carbocycles. The van der Waals surface area contributed by atoms with Crippen LogP contribution >= 0.6 is 0 Å². The van der Waals surface area contributed by atoms with Crippen LogP contribution in [0.4, 0.5) is 0 Å². The molecule has 1 aliphatic heterocycles. The molecule has 2 fully saturated rings. The van der Waals surface area contributed by atoms with E-state index in [9.17, 15) is 9.59 Å². The van der Waals surface area contributed by atoms with Crippen molar-refractivity contribution in [3.05, 3.63) is 90.0 Å². The van der Waals surface area contributed by atoms with Crippen LogP contribution in [0.25, 0.3) is 0 Å². The first-order chi connectivity index (χ1) is 15.2. The molecule has 2 heterocycles. The first-order valence-corrected chi connectivity index (χ1v) is 10.9. The Morgan fingerprint density at radius 1 is 0.903 bits per heavy atom. The van der Waals surface area contributed by atoms with Crippen LogP contribution in [0.15, 0.2) is 73.3 Å². The van der Waals surface area contributed by atoms with E-state index in [1.54, 1.807) is 12.5 Å². The van der Waals surface area contributed by atoms with E-state index in [1.807, 2.05) is 63.0 Å². The highest BCUT2D eigenvalue weighted by Crippen LogP contribution is 2.48. The monoisotopic (exact) mass is 414 g/mol. The predicted octanol–water partition coefficient (Wildman–Crippen LogP) is 3.02. The molecule has 1 saturated carbocycles. The fourth-order valence-electron chi connectivity index (χ4n) is 4.43. The number of carbonyl (C=O) groups is 2. The summed E-state index contributed by atoms with van der Waals surface area (Å²) < 4.78 is 2.00. The van der Waals surface area contributed by atoms with Gasteiger partial charge in [0, 0.05) is 56.6 Å². The Bertz CT molecular complexity index is 1040. The summed E-state index contributed by atoms with van der Waals surface area (Å²) in [5.41, 5.74) is 3.08. The van der Waals surface area contributed by atoms with Crippen LogP contribution in [0.3, 0.4) is 0 Å². The number of nitrogens with zero attached hydrogens (tertiary/aromatic N) is 4. The van der Waals surface area contributed by atoms with Gasteiger partial charge in [0.05, 0.1) is 6.33 Å². The minimum absolute atomic E-state index is 0.0369. The maximum absolute atomic E-state index is 12.9. The molecule has 1 saturated heterocycles. The van der Waals surface area contributed by atoms with E-state index in [-0.39, 0.29) is 17.7 Å². The maximum atomic E-state index is 12.9. The van der Waals surface area contributed by atoms with Crippen molar-refractivity contribution in [3.63, 3.8) is 0 Å². The molecule has 0 unspecified atom stereocenters. The Morgan fingerprint density at radius 3 is 2.29 bits per heavy atom. The van der Waals surface area contributed by atoms with Crippen molar-refractivity contribution < 1.29 is 9.59 Å². The molecule has 0 bridgehead atoms. The van der Waals surface area contributed by atoms with Crippen LogP contribution in [-0.2, 0) is 11.3 Å². The lowest BCUT2D eigenvalue weighted by Gasteiger charge is -2.35. The normalized spacial score (nSPS) is 20.5. The van der Waals surface area contributed by atoms with Crippen LogP contribution in [0.5, 0.6) is 0 Å². The van der Waals surface area contributed by atoms with Crippen molar-refractivity contribution in [2.45, 2.75) is 18.9 Å². The smallest absolute Gasteiger partial charge is 0.253 e. The summed E-state index contributed by atoms with van der Waals surface area (Å²) in [5, 5.41) is 0. The van der Waals surface area contributed by atoms with E-state index in [0.29, 0.717) is 37.7 Å². The van der Waals surface area contributed by atoms with E-state index in [1.165, 1.54) is 5.56 Å². The van der Waals surface area contributed by atoms with Gasteiger partial charge in [-0.25, -0.2) is 4.98 Å². The zero-order valence-corrected chi connectivity index (χ0v) is 17.4. The molecule has 2 aromatic carbocycles. The number of amides is 2. The molecule has 0 N–H and O–H groups in total. The van der Waals surface area contributed by atoms with Gasteiger partial charge in [0.15, 0.2) is 0 Å². The Labute approximate surface area is 182 Å². The topological polar surface area (TPSA) is 58.4 Å². The standard InChI is InChI=1S/C25H26N4O2/c30-24(21-8-6-19(7-9-21)17-27-11-10-26-18-27)28-12-14-29(15-13-28)25(31)23-16-22(23)20-4-2-1-3-5-20/h1-11,18,22-23H,12-17H2/t22-,23+/m0/s1. The van der Waals surface area contributed by atoms with Gasteiger partial charge in [-0.15, -0.1) is 0 Å². The Hall–Kier alpha value is -3.41. The number of hydrogen-bond donors (Lipinski definition) is 0. The highest BCUT2D eigenvalue weighted by atomic mass is 16.2. The number of imidazole rings is 1. The third-order valence-electron chi connectivity index (χ3n) is 6.34. The van der Waals surface area contributed by atoms with E-state index in [4.69, 9.17) is 0 Å². The second kappa shape index (κ2) is 8.38. The first kappa shape index (κ1) is 19.5. The second-order valence-corrected chi connectivity index (χ2v) is 8.41. The molecule has 2 atom stereocenters. The minimum atomic E-state index is 0.0369. The lowest BCUT2D eigenvalue weighted by molar-refractivity contribution is -0.134. The quantitative estimate of drug-likeness (QED) is 0.645. The molecule has 3 aromatic rings. The number of aromatic nitrogens is 2. The summed E-state index contributed by atoms with van der Waals surface area (Å²) in [6.45, 7) is 3.14. The van der Waals surface area contributed by atoms with Gasteiger partial charge in [-0.1, -0.05) is 42.5 Å². The number of rotatable bonds is 5. The summed E-state index contributed by atoms with van der Waals surface area (Å²) in [7, 11) is 0. The Kier molecular flexibility index (Phi) is 5.28. The van der Waals surface area contributed by atoms with E-state index in [2.05, 4.69) is 17.1 Å². The molecular formula is C25H26N4O2. The molecule has 0 radical (unpaired) electrons. The molecule has 6 nitrogen and oxygen atoms in total. The summed E-state index contributed by atoms with van der Waals surface area (Å²) in [4.78, 5) is 33.6. The van der Waals surface area contributed by atoms with Crippen LogP contribution in [0.1, 0.15) is 33.8 Å². The van der Waals surface area contributed by atoms with Crippen molar-refractivity contribution in [2.75, 3.05) is 26.2 Å². The van der Waals surface area contributed by atoms with Crippen molar-refractivity contribution >= 4 is 11.8 Å². The third kappa shape index (κ3) is 4.24. The van der Waals surface area contributed by atoms with Gasteiger partial charge in [0.25, 0.3) is 5.91 Å². The van der Waals surface area contributed by atoms with Crippen LogP contribution in [-0.4, -0.2) is 57.3 Å². The molecule has 158 valence electrons. The fraction of sp³-hybridized carbons (Fsp3) is 0.320. The average Bonchev–Trinajstić information content (AvgIpc) is 3.47. The van der Waals surface area contributed by atoms with Gasteiger partial charge >= 0.3 is 0 Å². The van der Waals surface area contributed by atoms with Gasteiger partial charge in [-0.2, -0.15) is 0 Å². The first-order valence-electron chi connectivity index (χ1n) is 10.9. The molecule has 5 rings (SSSR count). The largest absolute Gasteiger partial charge is 0.339 e. The van der Waals surface area contributed by atoms with E-state index >= 15 is 0 Å². The van der Waals surface area contributed by atoms with Crippen molar-refractivity contribution in [2.24, 2.45) is 5.92 Å². The van der Waals surface area contributed by atoms with Crippen molar-refractivity contribution in [1.29, 1.82) is 0 Å². The van der Waals surface area contributed by atoms with Gasteiger partial charge in [0.2, 0.25) is 5.91 Å². The van der Waals surface area contributed by atoms with E-state index < -0.39 is 0 Å². The highest BCUT2D eigenvalue weighted by molar-refractivity contribution is 5.94. The summed E-state index contributed by atoms with van der Waals surface area (Å²) in [6, 6.07) is 18.0. The summed E-state index contributed by atoms with van der Waals surface area (Å²) >= 11 is 0. The maximum Gasteiger partial charge on any atom is 0.253 e. The van der Waals surface area contributed by atoms with Crippen molar-refractivity contribution in [1.82, 2.24) is 19.4 Å². The average molecular weight is 415 g/mol. The minimum Gasteiger partial charge on any atom is -0.339 e. The summed E-state index contributed by atoms with van der Waals surface area (Å²) in [5.74, 6) is 0.738. The lowest BCUT2D eigenvalue weighted by Crippen LogP contribution is -2.51. The number of piperazine rings is 1. The molecule has 2 aliphatic rings. The lowest BCUT2D eigenvalue weighted by atomic mass is 10.1. The number of benzene rings is 2. The molecule has 1 aromatic heterocycles. The second-order valence-electron chi connectivity index (χ2n) is 8.41. The number of hydrogen-bond acceptors (Lipinski definition) is 3. The van der Waals surface area contributed by atoms with E-state index in [0.717, 1.165) is 18.5 Å². The highest BCUT2D eigenvalue weighted by Gasteiger charge is 2.46. The van der Waals surface area contributed by atoms with Crippen LogP contribution < -0.4 is 0 Å². The van der Waals surface area contributed by atoms with Gasteiger partial charge in [0.1, 0.15) is 0 Å². The predicted molar refractivity (Wildman–Crippen MR) is 118 cm³/mol. The SMILES string of the molecule is O=C(c1ccc(Cn2ccnc2)cc1)N1CCN(C(=O)[C@@H]2C[C@H]2c2ccccc2)CC1. The molecule has 31 heavy (non-hydrogen) atoms. The Balaban J connectivity index is 1.13. The van der Waals surface area contributed by atoms with Crippen molar-refractivity contribution in [3.8, 4) is 0 Å². The van der Waals surface area contributed by atoms with Gasteiger partial charge in [-0.05, 0) is 35.6 Å². The van der Waals surface area contributed by atoms with Gasteiger partial charge < -0.3 is 14.4 Å². The number of carbonyl (C=O) groups excluding carboxylic acids is 2. The third-order valence-corrected chi connectivity index (χ3v) is 6.34. The van der Waals surface area contributed by atoms with Crippen LogP contribution in [0.2, 0.25) is 0 Å².